The number of hydrogen-bond donors (Lipinski definition) is 2. The fourth-order valence-electron chi connectivity index (χ4n) is 3.36. The summed E-state index contributed by atoms with van der Waals surface area (Å²) >= 11 is 5.41. The molecule has 30 heavy (non-hydrogen) atoms. The third kappa shape index (κ3) is 5.41. The molecule has 0 spiro atoms. The molecule has 1 heterocycles. The molecule has 0 saturated carbocycles. The number of benzene rings is 2. The van der Waals surface area contributed by atoms with Crippen molar-refractivity contribution in [2.75, 3.05) is 37.9 Å². The van der Waals surface area contributed by atoms with Crippen LogP contribution in [0.15, 0.2) is 47.4 Å². The van der Waals surface area contributed by atoms with E-state index in [9.17, 15) is 8.42 Å². The summed E-state index contributed by atoms with van der Waals surface area (Å²) in [4.78, 5) is 0.219. The van der Waals surface area contributed by atoms with Crippen LogP contribution in [0.4, 0.5) is 11.4 Å². The van der Waals surface area contributed by atoms with E-state index >= 15 is 0 Å². The topological polar surface area (TPSA) is 79.9 Å². The zero-order valence-electron chi connectivity index (χ0n) is 17.2. The monoisotopic (exact) mass is 449 g/mol. The average molecular weight is 450 g/mol. The molecule has 9 heteroatoms. The van der Waals surface area contributed by atoms with Crippen LogP contribution >= 0.6 is 12.2 Å². The molecule has 2 aromatic carbocycles. The normalized spacial score (nSPS) is 15.1. The van der Waals surface area contributed by atoms with Gasteiger partial charge in [-0.2, -0.15) is 4.31 Å². The highest BCUT2D eigenvalue weighted by Gasteiger charge is 2.26. The lowest BCUT2D eigenvalue weighted by Crippen LogP contribution is -2.32. The van der Waals surface area contributed by atoms with Gasteiger partial charge in [0.05, 0.1) is 24.8 Å². The molecule has 0 aliphatic carbocycles. The summed E-state index contributed by atoms with van der Waals surface area (Å²) < 4.78 is 38.4. The Hall–Kier alpha value is -2.36. The van der Waals surface area contributed by atoms with E-state index in [1.807, 2.05) is 24.3 Å². The molecule has 7 nitrogen and oxygen atoms in total. The number of ether oxygens (including phenoxy) is 2. The summed E-state index contributed by atoms with van der Waals surface area (Å²) in [6.07, 6.45) is 3.89. The van der Waals surface area contributed by atoms with Crippen molar-refractivity contribution in [2.24, 2.45) is 0 Å². The van der Waals surface area contributed by atoms with E-state index in [0.717, 1.165) is 31.4 Å². The highest BCUT2D eigenvalue weighted by atomic mass is 32.2. The van der Waals surface area contributed by atoms with Gasteiger partial charge in [0, 0.05) is 24.8 Å². The van der Waals surface area contributed by atoms with Crippen LogP contribution in [0.25, 0.3) is 0 Å². The number of anilines is 2. The molecule has 1 aliphatic heterocycles. The highest BCUT2D eigenvalue weighted by molar-refractivity contribution is 7.89. The van der Waals surface area contributed by atoms with Crippen molar-refractivity contribution in [1.82, 2.24) is 4.31 Å². The minimum atomic E-state index is -3.58. The van der Waals surface area contributed by atoms with Crippen LogP contribution < -0.4 is 20.1 Å². The summed E-state index contributed by atoms with van der Waals surface area (Å²) in [5.41, 5.74) is 1.23. The Kier molecular flexibility index (Phi) is 7.52. The van der Waals surface area contributed by atoms with E-state index in [4.69, 9.17) is 21.7 Å². The van der Waals surface area contributed by atoms with Crippen molar-refractivity contribution in [3.63, 3.8) is 0 Å². The zero-order chi connectivity index (χ0) is 21.6. The molecule has 0 amide bonds. The molecule has 0 unspecified atom stereocenters. The molecule has 0 aromatic heterocycles. The molecule has 0 radical (unpaired) electrons. The van der Waals surface area contributed by atoms with E-state index in [-0.39, 0.29) is 4.90 Å². The fourth-order valence-corrected chi connectivity index (χ4v) is 5.13. The summed E-state index contributed by atoms with van der Waals surface area (Å²) in [5.74, 6) is 1.20. The number of sulfonamides is 1. The van der Waals surface area contributed by atoms with Crippen molar-refractivity contribution in [3.8, 4) is 11.5 Å². The van der Waals surface area contributed by atoms with Crippen LogP contribution in [0, 0.1) is 0 Å². The Labute approximate surface area is 183 Å². The third-order valence-electron chi connectivity index (χ3n) is 4.95. The minimum absolute atomic E-state index is 0.219. The van der Waals surface area contributed by atoms with Crippen LogP contribution in [-0.2, 0) is 10.0 Å². The van der Waals surface area contributed by atoms with E-state index in [2.05, 4.69) is 10.6 Å². The molecule has 0 atom stereocenters. The Morgan fingerprint density at radius 2 is 1.70 bits per heavy atom. The van der Waals surface area contributed by atoms with Gasteiger partial charge >= 0.3 is 0 Å². The van der Waals surface area contributed by atoms with Crippen LogP contribution in [0.5, 0.6) is 11.5 Å². The number of hydrogen-bond acceptors (Lipinski definition) is 5. The Balaban J connectivity index is 1.80. The first-order chi connectivity index (χ1) is 14.4. The second kappa shape index (κ2) is 10.1. The van der Waals surface area contributed by atoms with Gasteiger partial charge in [0.1, 0.15) is 11.5 Å². The van der Waals surface area contributed by atoms with Crippen LogP contribution in [0.2, 0.25) is 0 Å². The molecule has 1 aliphatic rings. The lowest BCUT2D eigenvalue weighted by atomic mass is 10.2. The van der Waals surface area contributed by atoms with E-state index in [1.165, 1.54) is 7.11 Å². The number of methoxy groups -OCH3 is 2. The largest absolute Gasteiger partial charge is 0.497 e. The Morgan fingerprint density at radius 1 is 0.967 bits per heavy atom. The van der Waals surface area contributed by atoms with Gasteiger partial charge in [0.15, 0.2) is 5.11 Å². The van der Waals surface area contributed by atoms with Crippen LogP contribution in [0.1, 0.15) is 25.7 Å². The first-order valence-electron chi connectivity index (χ1n) is 9.84. The fraction of sp³-hybridized carbons (Fsp3) is 0.381. The quantitative estimate of drug-likeness (QED) is 0.643. The molecule has 1 fully saturated rings. The van der Waals surface area contributed by atoms with Crippen LogP contribution in [-0.4, -0.2) is 45.1 Å². The van der Waals surface area contributed by atoms with Crippen molar-refractivity contribution >= 4 is 38.7 Å². The molecule has 0 bridgehead atoms. The Bertz CT molecular complexity index is 987. The number of thiocarbonyl (C=S) groups is 1. The van der Waals surface area contributed by atoms with Gasteiger partial charge in [0.25, 0.3) is 0 Å². The summed E-state index contributed by atoms with van der Waals surface area (Å²) in [5, 5.41) is 6.43. The number of rotatable bonds is 6. The standard InChI is InChI=1S/C21H27N3O4S2/c1-27-17-9-7-8-16(14-17)22-21(29)23-19-15-18(10-11-20(19)28-2)30(25,26)24-12-5-3-4-6-13-24/h7-11,14-15H,3-6,12-13H2,1-2H3,(H2,22,23,29). The molecule has 162 valence electrons. The van der Waals surface area contributed by atoms with Gasteiger partial charge in [-0.05, 0) is 55.4 Å². The van der Waals surface area contributed by atoms with Gasteiger partial charge in [-0.3, -0.25) is 0 Å². The van der Waals surface area contributed by atoms with Crippen molar-refractivity contribution < 1.29 is 17.9 Å². The van der Waals surface area contributed by atoms with Gasteiger partial charge < -0.3 is 20.1 Å². The molecular weight excluding hydrogens is 422 g/mol. The summed E-state index contributed by atoms with van der Waals surface area (Å²) in [7, 11) is -0.455. The maximum absolute atomic E-state index is 13.1. The molecule has 2 N–H and O–H groups in total. The predicted molar refractivity (Wildman–Crippen MR) is 123 cm³/mol. The van der Waals surface area contributed by atoms with E-state index < -0.39 is 10.0 Å². The van der Waals surface area contributed by atoms with Gasteiger partial charge in [-0.25, -0.2) is 8.42 Å². The van der Waals surface area contributed by atoms with Crippen molar-refractivity contribution in [1.29, 1.82) is 0 Å². The molecule has 2 aromatic rings. The first-order valence-corrected chi connectivity index (χ1v) is 11.7. The average Bonchev–Trinajstić information content (AvgIpc) is 3.04. The smallest absolute Gasteiger partial charge is 0.243 e. The van der Waals surface area contributed by atoms with Crippen molar-refractivity contribution in [3.05, 3.63) is 42.5 Å². The van der Waals surface area contributed by atoms with Gasteiger partial charge in [-0.1, -0.05) is 18.9 Å². The predicted octanol–water partition coefficient (Wildman–Crippen LogP) is 4.08. The zero-order valence-corrected chi connectivity index (χ0v) is 18.8. The lowest BCUT2D eigenvalue weighted by molar-refractivity contribution is 0.415. The number of nitrogens with zero attached hydrogens (tertiary/aromatic N) is 1. The lowest BCUT2D eigenvalue weighted by Gasteiger charge is -2.21. The van der Waals surface area contributed by atoms with Gasteiger partial charge in [-0.15, -0.1) is 0 Å². The van der Waals surface area contributed by atoms with E-state index in [1.54, 1.807) is 29.6 Å². The van der Waals surface area contributed by atoms with Gasteiger partial charge in [0.2, 0.25) is 10.0 Å². The van der Waals surface area contributed by atoms with E-state index in [0.29, 0.717) is 35.4 Å². The summed E-state index contributed by atoms with van der Waals surface area (Å²) in [6, 6.07) is 12.1. The second-order valence-corrected chi connectivity index (χ2v) is 9.34. The minimum Gasteiger partial charge on any atom is -0.497 e. The second-order valence-electron chi connectivity index (χ2n) is 6.99. The SMILES string of the molecule is COc1cccc(NC(=S)Nc2cc(S(=O)(=O)N3CCCCCC3)ccc2OC)c1. The number of nitrogens with one attached hydrogen (secondary N) is 2. The maximum atomic E-state index is 13.1. The summed E-state index contributed by atoms with van der Waals surface area (Å²) in [6.45, 7) is 1.10. The highest BCUT2D eigenvalue weighted by Crippen LogP contribution is 2.30. The van der Waals surface area contributed by atoms with Crippen molar-refractivity contribution in [2.45, 2.75) is 30.6 Å². The van der Waals surface area contributed by atoms with Crippen LogP contribution in [0.3, 0.4) is 0 Å². The molecule has 1 saturated heterocycles. The first kappa shape index (κ1) is 22.3. The molecular formula is C21H27N3O4S2. The molecule has 3 rings (SSSR count). The maximum Gasteiger partial charge on any atom is 0.243 e. The third-order valence-corrected chi connectivity index (χ3v) is 7.05. The Morgan fingerprint density at radius 3 is 2.37 bits per heavy atom.